The zero-order valence-electron chi connectivity index (χ0n) is 10.1. The Hall–Kier alpha value is -0.780. The molecule has 1 aliphatic carbocycles. The molecule has 0 aromatic heterocycles. The van der Waals surface area contributed by atoms with E-state index in [-0.39, 0.29) is 0 Å². The molecule has 1 fully saturated rings. The minimum absolute atomic E-state index is 1.10. The van der Waals surface area contributed by atoms with Crippen LogP contribution in [0.5, 0.6) is 0 Å². The molecule has 0 saturated heterocycles. The summed E-state index contributed by atoms with van der Waals surface area (Å²) in [6.07, 6.45) is 8.56. The first-order chi connectivity index (χ1) is 7.24. The average Bonchev–Trinajstić information content (AvgIpc) is 2.94. The van der Waals surface area contributed by atoms with E-state index in [2.05, 4.69) is 32.0 Å². The fraction of sp³-hybridized carbons (Fsp3) is 0.600. The average molecular weight is 202 g/mol. The maximum atomic E-state index is 2.34. The summed E-state index contributed by atoms with van der Waals surface area (Å²) in [6, 6.07) is 6.93. The molecular weight excluding hydrogens is 180 g/mol. The monoisotopic (exact) mass is 202 g/mol. The number of unbranched alkanes of at least 4 members (excludes halogenated alkanes) is 1. The van der Waals surface area contributed by atoms with E-state index in [4.69, 9.17) is 0 Å². The number of aryl methyl sites for hydroxylation is 3. The topological polar surface area (TPSA) is 0 Å². The Morgan fingerprint density at radius 2 is 1.67 bits per heavy atom. The van der Waals surface area contributed by atoms with Crippen LogP contribution in [-0.4, -0.2) is 0 Å². The van der Waals surface area contributed by atoms with E-state index in [0.29, 0.717) is 0 Å². The first-order valence-electron chi connectivity index (χ1n) is 6.31. The molecule has 0 unspecified atom stereocenters. The Kier molecular flexibility index (Phi) is 3.45. The van der Waals surface area contributed by atoms with Gasteiger partial charge in [0.1, 0.15) is 0 Å². The fourth-order valence-electron chi connectivity index (χ4n) is 2.38. The Morgan fingerprint density at radius 1 is 1.00 bits per heavy atom. The van der Waals surface area contributed by atoms with Crippen molar-refractivity contribution < 1.29 is 0 Å². The Morgan fingerprint density at radius 3 is 2.27 bits per heavy atom. The van der Waals surface area contributed by atoms with Crippen molar-refractivity contribution in [3.05, 3.63) is 34.9 Å². The molecule has 1 aliphatic rings. The fourth-order valence-corrected chi connectivity index (χ4v) is 2.38. The van der Waals surface area contributed by atoms with Gasteiger partial charge in [0, 0.05) is 0 Å². The number of rotatable bonds is 5. The van der Waals surface area contributed by atoms with Gasteiger partial charge in [0.25, 0.3) is 0 Å². The van der Waals surface area contributed by atoms with E-state index in [1.54, 1.807) is 0 Å². The van der Waals surface area contributed by atoms with Gasteiger partial charge in [0.2, 0.25) is 0 Å². The molecule has 1 aromatic carbocycles. The molecule has 0 amide bonds. The van der Waals surface area contributed by atoms with Crippen LogP contribution in [0.4, 0.5) is 0 Å². The van der Waals surface area contributed by atoms with Gasteiger partial charge in [-0.05, 0) is 38.2 Å². The van der Waals surface area contributed by atoms with Gasteiger partial charge in [-0.25, -0.2) is 0 Å². The molecule has 0 spiro atoms. The van der Waals surface area contributed by atoms with Gasteiger partial charge in [-0.15, -0.1) is 0 Å². The van der Waals surface area contributed by atoms with Crippen molar-refractivity contribution >= 4 is 0 Å². The molecule has 0 radical (unpaired) electrons. The molecule has 0 bridgehead atoms. The highest BCUT2D eigenvalue weighted by atomic mass is 14.3. The molecule has 0 aliphatic heterocycles. The Balaban J connectivity index is 1.76. The van der Waals surface area contributed by atoms with Crippen molar-refractivity contribution in [1.29, 1.82) is 0 Å². The van der Waals surface area contributed by atoms with E-state index < -0.39 is 0 Å². The Labute approximate surface area is 93.7 Å². The van der Waals surface area contributed by atoms with Gasteiger partial charge in [0.05, 0.1) is 0 Å². The van der Waals surface area contributed by atoms with Crippen molar-refractivity contribution in [2.75, 3.05) is 0 Å². The molecule has 82 valence electrons. The highest BCUT2D eigenvalue weighted by Gasteiger charge is 2.19. The second kappa shape index (κ2) is 4.83. The summed E-state index contributed by atoms with van der Waals surface area (Å²) in [5.41, 5.74) is 4.35. The highest BCUT2D eigenvalue weighted by molar-refractivity contribution is 5.28. The van der Waals surface area contributed by atoms with Crippen molar-refractivity contribution in [2.24, 2.45) is 5.92 Å². The lowest BCUT2D eigenvalue weighted by Crippen LogP contribution is -1.89. The summed E-state index contributed by atoms with van der Waals surface area (Å²) >= 11 is 0. The minimum Gasteiger partial charge on any atom is -0.0564 e. The van der Waals surface area contributed by atoms with Crippen LogP contribution >= 0.6 is 0 Å². The van der Waals surface area contributed by atoms with Crippen LogP contribution in [-0.2, 0) is 6.42 Å². The summed E-state index contributed by atoms with van der Waals surface area (Å²) in [4.78, 5) is 0. The third-order valence-corrected chi connectivity index (χ3v) is 3.31. The van der Waals surface area contributed by atoms with Crippen molar-refractivity contribution in [3.63, 3.8) is 0 Å². The lowest BCUT2D eigenvalue weighted by atomic mass is 10.0. The van der Waals surface area contributed by atoms with E-state index in [0.717, 1.165) is 5.92 Å². The molecular formula is C15H22. The molecule has 2 rings (SSSR count). The standard InChI is InChI=1S/C15H22/c1-12-9-13(2)11-15(10-12)6-4-3-5-14-7-8-14/h9-11,14H,3-8H2,1-2H3. The van der Waals surface area contributed by atoms with Crippen LogP contribution in [0.2, 0.25) is 0 Å². The summed E-state index contributed by atoms with van der Waals surface area (Å²) in [5, 5.41) is 0. The van der Waals surface area contributed by atoms with E-state index in [9.17, 15) is 0 Å². The molecule has 0 heteroatoms. The normalized spacial score (nSPS) is 15.6. The second-order valence-corrected chi connectivity index (χ2v) is 5.19. The molecule has 0 atom stereocenters. The van der Waals surface area contributed by atoms with E-state index in [1.165, 1.54) is 55.2 Å². The van der Waals surface area contributed by atoms with Crippen LogP contribution in [0.3, 0.4) is 0 Å². The third-order valence-electron chi connectivity index (χ3n) is 3.31. The van der Waals surface area contributed by atoms with Gasteiger partial charge in [-0.1, -0.05) is 55.0 Å². The SMILES string of the molecule is Cc1cc(C)cc(CCCCC2CC2)c1. The Bertz CT molecular complexity index is 301. The highest BCUT2D eigenvalue weighted by Crippen LogP contribution is 2.34. The van der Waals surface area contributed by atoms with Crippen molar-refractivity contribution in [3.8, 4) is 0 Å². The van der Waals surface area contributed by atoms with Gasteiger partial charge in [0.15, 0.2) is 0 Å². The summed E-state index contributed by atoms with van der Waals surface area (Å²) in [6.45, 7) is 4.39. The zero-order chi connectivity index (χ0) is 10.7. The molecule has 0 heterocycles. The van der Waals surface area contributed by atoms with Crippen molar-refractivity contribution in [1.82, 2.24) is 0 Å². The van der Waals surface area contributed by atoms with Gasteiger partial charge >= 0.3 is 0 Å². The summed E-state index contributed by atoms with van der Waals surface area (Å²) < 4.78 is 0. The van der Waals surface area contributed by atoms with Crippen LogP contribution in [0.15, 0.2) is 18.2 Å². The predicted octanol–water partition coefficient (Wildman–Crippen LogP) is 4.43. The molecule has 1 saturated carbocycles. The molecule has 0 N–H and O–H groups in total. The first-order valence-corrected chi connectivity index (χ1v) is 6.31. The first kappa shape index (κ1) is 10.7. The molecule has 1 aromatic rings. The summed E-state index contributed by atoms with van der Waals surface area (Å²) in [5.74, 6) is 1.10. The molecule has 0 nitrogen and oxygen atoms in total. The maximum Gasteiger partial charge on any atom is -0.0279 e. The summed E-state index contributed by atoms with van der Waals surface area (Å²) in [7, 11) is 0. The van der Waals surface area contributed by atoms with Gasteiger partial charge in [-0.3, -0.25) is 0 Å². The number of benzene rings is 1. The smallest absolute Gasteiger partial charge is 0.0279 e. The van der Waals surface area contributed by atoms with Crippen LogP contribution in [0.25, 0.3) is 0 Å². The predicted molar refractivity (Wildman–Crippen MR) is 66.2 cm³/mol. The van der Waals surface area contributed by atoms with Gasteiger partial charge < -0.3 is 0 Å². The van der Waals surface area contributed by atoms with Crippen LogP contribution < -0.4 is 0 Å². The molecule has 15 heavy (non-hydrogen) atoms. The van der Waals surface area contributed by atoms with Crippen molar-refractivity contribution in [2.45, 2.75) is 52.4 Å². The lowest BCUT2D eigenvalue weighted by molar-refractivity contribution is 0.628. The lowest BCUT2D eigenvalue weighted by Gasteiger charge is -2.04. The van der Waals surface area contributed by atoms with E-state index in [1.807, 2.05) is 0 Å². The van der Waals surface area contributed by atoms with Crippen LogP contribution in [0.1, 0.15) is 48.8 Å². The minimum atomic E-state index is 1.10. The quantitative estimate of drug-likeness (QED) is 0.620. The number of hydrogen-bond acceptors (Lipinski definition) is 0. The maximum absolute atomic E-state index is 2.34. The largest absolute Gasteiger partial charge is 0.0564 e. The third kappa shape index (κ3) is 3.70. The zero-order valence-corrected chi connectivity index (χ0v) is 10.1. The van der Waals surface area contributed by atoms with E-state index >= 15 is 0 Å². The van der Waals surface area contributed by atoms with Crippen LogP contribution in [0, 0.1) is 19.8 Å². The van der Waals surface area contributed by atoms with Gasteiger partial charge in [-0.2, -0.15) is 0 Å². The second-order valence-electron chi connectivity index (χ2n) is 5.19. The number of hydrogen-bond donors (Lipinski definition) is 0.